The summed E-state index contributed by atoms with van der Waals surface area (Å²) in [6.45, 7) is 4.19. The first-order valence-electron chi connectivity index (χ1n) is 9.44. The minimum atomic E-state index is -0.0993. The number of fused-ring (bicyclic) bond motifs is 1. The molecule has 0 atom stereocenters. The summed E-state index contributed by atoms with van der Waals surface area (Å²) in [6.07, 6.45) is 5.42. The molecule has 2 aliphatic heterocycles. The van der Waals surface area contributed by atoms with E-state index in [1.165, 1.54) is 11.5 Å². The Bertz CT molecular complexity index is 992. The van der Waals surface area contributed by atoms with Crippen LogP contribution in [0.3, 0.4) is 0 Å². The molecule has 2 aliphatic rings. The number of pyridine rings is 2. The Kier molecular flexibility index (Phi) is 4.85. The Hall–Kier alpha value is -3.16. The number of hydrogen-bond donors (Lipinski definition) is 0. The fraction of sp³-hybridized carbons (Fsp3) is 0.400. The molecular weight excluding hydrogens is 358 g/mol. The van der Waals surface area contributed by atoms with Gasteiger partial charge < -0.3 is 14.5 Å². The van der Waals surface area contributed by atoms with E-state index in [-0.39, 0.29) is 11.8 Å². The van der Waals surface area contributed by atoms with Crippen LogP contribution < -0.4 is 15.1 Å². The van der Waals surface area contributed by atoms with Crippen molar-refractivity contribution < 1.29 is 14.3 Å². The predicted octanol–water partition coefficient (Wildman–Crippen LogP) is 1.84. The zero-order valence-corrected chi connectivity index (χ0v) is 16.1. The van der Waals surface area contributed by atoms with E-state index in [0.29, 0.717) is 35.8 Å². The molecule has 0 bridgehead atoms. The molecule has 28 heavy (non-hydrogen) atoms. The second kappa shape index (κ2) is 7.46. The first kappa shape index (κ1) is 18.2. The van der Waals surface area contributed by atoms with Crippen molar-refractivity contribution in [3.63, 3.8) is 0 Å². The molecule has 2 aromatic rings. The summed E-state index contributed by atoms with van der Waals surface area (Å²) >= 11 is 0. The average Bonchev–Trinajstić information content (AvgIpc) is 3.26. The maximum Gasteiger partial charge on any atom is 0.255 e. The van der Waals surface area contributed by atoms with E-state index in [1.54, 1.807) is 25.5 Å². The van der Waals surface area contributed by atoms with E-state index in [1.807, 2.05) is 21.9 Å². The Labute approximate surface area is 163 Å². The highest BCUT2D eigenvalue weighted by atomic mass is 16.5. The molecule has 0 saturated carbocycles. The zero-order chi connectivity index (χ0) is 19.7. The van der Waals surface area contributed by atoms with Crippen LogP contribution in [0.4, 0.5) is 11.5 Å². The van der Waals surface area contributed by atoms with Gasteiger partial charge in [0.1, 0.15) is 12.1 Å². The maximum atomic E-state index is 12.6. The first-order chi connectivity index (χ1) is 13.6. The minimum absolute atomic E-state index is 0.00260. The van der Waals surface area contributed by atoms with Crippen LogP contribution in [0.1, 0.15) is 34.9 Å². The number of carbonyl (C=O) groups excluding carboxylic acids is 2. The van der Waals surface area contributed by atoms with Crippen molar-refractivity contribution in [3.05, 3.63) is 41.6 Å². The van der Waals surface area contributed by atoms with Crippen molar-refractivity contribution >= 4 is 23.3 Å². The lowest BCUT2D eigenvalue weighted by Gasteiger charge is -2.30. The third-order valence-electron chi connectivity index (χ3n) is 5.10. The lowest BCUT2D eigenvalue weighted by molar-refractivity contribution is 0.0791. The molecule has 8 heteroatoms. The second-order valence-corrected chi connectivity index (χ2v) is 6.90. The highest BCUT2D eigenvalue weighted by molar-refractivity contribution is 5.95. The average molecular weight is 381 g/mol. The molecule has 4 heterocycles. The lowest BCUT2D eigenvalue weighted by atomic mass is 10.2. The van der Waals surface area contributed by atoms with Crippen LogP contribution in [0.15, 0.2) is 35.6 Å². The van der Waals surface area contributed by atoms with Gasteiger partial charge in [-0.05, 0) is 25.0 Å². The van der Waals surface area contributed by atoms with Crippen molar-refractivity contribution in [1.29, 1.82) is 0 Å². The molecule has 0 aliphatic carbocycles. The third-order valence-corrected chi connectivity index (χ3v) is 5.10. The molecule has 146 valence electrons. The van der Waals surface area contributed by atoms with Crippen LogP contribution in [-0.2, 0) is 0 Å². The number of anilines is 2. The van der Waals surface area contributed by atoms with Gasteiger partial charge in [0.05, 0.1) is 12.1 Å². The summed E-state index contributed by atoms with van der Waals surface area (Å²) in [5, 5.41) is 0. The van der Waals surface area contributed by atoms with Crippen molar-refractivity contribution in [2.24, 2.45) is 4.99 Å². The van der Waals surface area contributed by atoms with Gasteiger partial charge in [-0.3, -0.25) is 19.1 Å². The summed E-state index contributed by atoms with van der Waals surface area (Å²) in [5.74, 6) is 1.15. The van der Waals surface area contributed by atoms with E-state index in [2.05, 4.69) is 9.98 Å². The van der Waals surface area contributed by atoms with E-state index < -0.39 is 0 Å². The number of ether oxygens (including phenoxy) is 1. The number of nitrogens with zero attached hydrogens (tertiary/aromatic N) is 5. The van der Waals surface area contributed by atoms with Crippen molar-refractivity contribution in [2.45, 2.75) is 19.8 Å². The zero-order valence-electron chi connectivity index (χ0n) is 16.1. The Balaban J connectivity index is 1.68. The van der Waals surface area contributed by atoms with Gasteiger partial charge in [-0.2, -0.15) is 0 Å². The molecule has 2 aromatic heterocycles. The molecule has 1 fully saturated rings. The van der Waals surface area contributed by atoms with Gasteiger partial charge in [0.15, 0.2) is 11.6 Å². The highest BCUT2D eigenvalue weighted by Gasteiger charge is 2.25. The molecule has 0 unspecified atom stereocenters. The van der Waals surface area contributed by atoms with Crippen LogP contribution in [0.2, 0.25) is 0 Å². The number of amides is 1. The Morgan fingerprint density at radius 3 is 2.68 bits per heavy atom. The van der Waals surface area contributed by atoms with Crippen LogP contribution in [0, 0.1) is 0 Å². The summed E-state index contributed by atoms with van der Waals surface area (Å²) < 4.78 is 7.29. The fourth-order valence-corrected chi connectivity index (χ4v) is 3.65. The fourth-order valence-electron chi connectivity index (χ4n) is 3.65. The maximum absolute atomic E-state index is 12.6. The monoisotopic (exact) mass is 381 g/mol. The molecule has 0 spiro atoms. The largest absolute Gasteiger partial charge is 0.488 e. The van der Waals surface area contributed by atoms with Crippen molar-refractivity contribution in [1.82, 2.24) is 14.5 Å². The molecule has 1 amide bonds. The van der Waals surface area contributed by atoms with Crippen LogP contribution in [-0.4, -0.2) is 59.6 Å². The number of hydrogen-bond acceptors (Lipinski definition) is 6. The number of aromatic nitrogens is 2. The molecular formula is C20H23N5O3. The van der Waals surface area contributed by atoms with Gasteiger partial charge in [0.2, 0.25) is 5.91 Å². The summed E-state index contributed by atoms with van der Waals surface area (Å²) in [4.78, 5) is 37.0. The molecule has 0 radical (unpaired) electrons. The van der Waals surface area contributed by atoms with Crippen LogP contribution in [0.25, 0.3) is 0 Å². The molecule has 1 saturated heterocycles. The number of carbonyl (C=O) groups is 2. The van der Waals surface area contributed by atoms with E-state index in [4.69, 9.17) is 4.74 Å². The summed E-state index contributed by atoms with van der Waals surface area (Å²) in [6, 6.07) is 5.48. The van der Waals surface area contributed by atoms with E-state index >= 15 is 0 Å². The van der Waals surface area contributed by atoms with E-state index in [0.717, 1.165) is 31.6 Å². The van der Waals surface area contributed by atoms with Crippen LogP contribution in [0.5, 0.6) is 5.75 Å². The molecule has 4 rings (SSSR count). The first-order valence-corrected chi connectivity index (χ1v) is 9.44. The number of likely N-dealkylation sites (tertiary alicyclic amines) is 1. The molecule has 8 nitrogen and oxygen atoms in total. The SMILES string of the molecule is C/N=c1/cc(N2CCOc3cc(C(=O)N4CCCC4)cnc32)ccn1C(C)=O. The lowest BCUT2D eigenvalue weighted by Crippen LogP contribution is -2.33. The quantitative estimate of drug-likeness (QED) is 0.793. The summed E-state index contributed by atoms with van der Waals surface area (Å²) in [7, 11) is 1.65. The summed E-state index contributed by atoms with van der Waals surface area (Å²) in [5.41, 5.74) is 1.99. The van der Waals surface area contributed by atoms with Crippen molar-refractivity contribution in [2.75, 3.05) is 38.2 Å². The van der Waals surface area contributed by atoms with Gasteiger partial charge in [0.25, 0.3) is 5.91 Å². The standard InChI is InChI=1S/C20H23N5O3/c1-14(26)24-8-5-16(12-18(24)21-2)25-9-10-28-17-11-15(13-22-19(17)25)20(27)23-6-3-4-7-23/h5,8,11-13H,3-4,6-7,9-10H2,1-2H3/b21-18-. The Morgan fingerprint density at radius 2 is 1.96 bits per heavy atom. The molecule has 0 aromatic carbocycles. The topological polar surface area (TPSA) is 80.0 Å². The smallest absolute Gasteiger partial charge is 0.255 e. The number of rotatable bonds is 2. The second-order valence-electron chi connectivity index (χ2n) is 6.90. The van der Waals surface area contributed by atoms with E-state index in [9.17, 15) is 9.59 Å². The van der Waals surface area contributed by atoms with Gasteiger partial charge in [0, 0.05) is 51.2 Å². The molecule has 0 N–H and O–H groups in total. The minimum Gasteiger partial charge on any atom is -0.488 e. The van der Waals surface area contributed by atoms with Crippen molar-refractivity contribution in [3.8, 4) is 5.75 Å². The van der Waals surface area contributed by atoms with Gasteiger partial charge >= 0.3 is 0 Å². The highest BCUT2D eigenvalue weighted by Crippen LogP contribution is 2.35. The van der Waals surface area contributed by atoms with Crippen LogP contribution >= 0.6 is 0 Å². The van der Waals surface area contributed by atoms with Gasteiger partial charge in [-0.25, -0.2) is 4.98 Å². The van der Waals surface area contributed by atoms with Gasteiger partial charge in [-0.15, -0.1) is 0 Å². The third kappa shape index (κ3) is 3.26. The Morgan fingerprint density at radius 1 is 1.18 bits per heavy atom. The predicted molar refractivity (Wildman–Crippen MR) is 104 cm³/mol. The normalized spacial score (nSPS) is 16.7. The van der Waals surface area contributed by atoms with Gasteiger partial charge in [-0.1, -0.05) is 0 Å².